The normalized spacial score (nSPS) is 12.2. The Morgan fingerprint density at radius 1 is 1.53 bits per heavy atom. The van der Waals surface area contributed by atoms with Crippen molar-refractivity contribution in [1.29, 1.82) is 0 Å². The minimum Gasteiger partial charge on any atom is -0.408 e. The number of nitrogens with two attached hydrogens (primary N) is 1. The van der Waals surface area contributed by atoms with Crippen LogP contribution in [0.4, 0.5) is 0 Å². The topological polar surface area (TPSA) is 73.5 Å². The number of oxazole rings is 1. The van der Waals surface area contributed by atoms with Crippen LogP contribution in [-0.2, 0) is 6.54 Å². The lowest BCUT2D eigenvalue weighted by atomic mass is 10.3. The van der Waals surface area contributed by atoms with Crippen molar-refractivity contribution in [3.63, 3.8) is 0 Å². The van der Waals surface area contributed by atoms with Gasteiger partial charge in [-0.25, -0.2) is 4.79 Å². The van der Waals surface area contributed by atoms with Crippen molar-refractivity contribution in [2.75, 3.05) is 0 Å². The number of fused-ring (bicyclic) bond motifs is 1. The van der Waals surface area contributed by atoms with Crippen LogP contribution >= 0.6 is 0 Å². The average molecular weight is 205 g/mol. The molecule has 0 atom stereocenters. The molecule has 15 heavy (non-hydrogen) atoms. The van der Waals surface area contributed by atoms with E-state index in [-0.39, 0.29) is 5.76 Å². The predicted molar refractivity (Wildman–Crippen MR) is 57.8 cm³/mol. The molecule has 2 rings (SSSR count). The lowest BCUT2D eigenvalue weighted by Crippen LogP contribution is -2.19. The highest BCUT2D eigenvalue weighted by Crippen LogP contribution is 2.11. The van der Waals surface area contributed by atoms with E-state index in [0.29, 0.717) is 17.8 Å². The summed E-state index contributed by atoms with van der Waals surface area (Å²) in [4.78, 5) is 11.5. The fourth-order valence-electron chi connectivity index (χ4n) is 1.43. The molecule has 2 N–H and O–H groups in total. The number of hydrogen-bond donors (Lipinski definition) is 1. The van der Waals surface area contributed by atoms with Gasteiger partial charge in [0, 0.05) is 0 Å². The van der Waals surface area contributed by atoms with Crippen LogP contribution in [0.5, 0.6) is 0 Å². The molecule has 0 fully saturated rings. The van der Waals surface area contributed by atoms with E-state index in [9.17, 15) is 4.79 Å². The van der Waals surface area contributed by atoms with Crippen LogP contribution in [0.3, 0.4) is 0 Å². The van der Waals surface area contributed by atoms with Crippen LogP contribution < -0.4 is 11.6 Å². The highest BCUT2D eigenvalue weighted by Gasteiger charge is 2.08. The summed E-state index contributed by atoms with van der Waals surface area (Å²) in [6.45, 7) is 2.11. The standard InChI is InChI=1S/C10H11N3O2/c1-7(12-11)6-13-8-4-2-3-5-9(8)15-10(13)14/h2-5H,6,11H2,1H3. The summed E-state index contributed by atoms with van der Waals surface area (Å²) in [6.07, 6.45) is 0. The lowest BCUT2D eigenvalue weighted by Gasteiger charge is -1.99. The molecule has 0 bridgehead atoms. The maximum absolute atomic E-state index is 11.5. The molecule has 0 aliphatic rings. The summed E-state index contributed by atoms with van der Waals surface area (Å²) >= 11 is 0. The smallest absolute Gasteiger partial charge is 0.408 e. The van der Waals surface area contributed by atoms with E-state index in [0.717, 1.165) is 5.52 Å². The Balaban J connectivity index is 2.59. The maximum Gasteiger partial charge on any atom is 0.420 e. The van der Waals surface area contributed by atoms with E-state index >= 15 is 0 Å². The molecule has 1 aromatic heterocycles. The zero-order chi connectivity index (χ0) is 10.8. The molecule has 5 heteroatoms. The Hall–Kier alpha value is -2.04. The summed E-state index contributed by atoms with van der Waals surface area (Å²) in [7, 11) is 0. The van der Waals surface area contributed by atoms with Gasteiger partial charge in [0.1, 0.15) is 0 Å². The maximum atomic E-state index is 11.5. The van der Waals surface area contributed by atoms with Gasteiger partial charge < -0.3 is 10.3 Å². The summed E-state index contributed by atoms with van der Waals surface area (Å²) in [5.41, 5.74) is 2.00. The number of hydrogen-bond acceptors (Lipinski definition) is 4. The molecular formula is C10H11N3O2. The SMILES string of the molecule is CC(Cn1c(=O)oc2ccccc21)=NN. The molecule has 0 radical (unpaired) electrons. The largest absolute Gasteiger partial charge is 0.420 e. The molecule has 5 nitrogen and oxygen atoms in total. The molecule has 0 amide bonds. The molecule has 0 saturated carbocycles. The molecule has 0 aliphatic heterocycles. The van der Waals surface area contributed by atoms with E-state index in [1.165, 1.54) is 4.57 Å². The zero-order valence-corrected chi connectivity index (χ0v) is 8.30. The van der Waals surface area contributed by atoms with Crippen molar-refractivity contribution in [3.05, 3.63) is 34.8 Å². The second kappa shape index (κ2) is 3.61. The predicted octanol–water partition coefficient (Wildman–Crippen LogP) is 0.929. The molecular weight excluding hydrogens is 194 g/mol. The van der Waals surface area contributed by atoms with Gasteiger partial charge in [-0.2, -0.15) is 5.10 Å². The van der Waals surface area contributed by atoms with Crippen molar-refractivity contribution >= 4 is 16.8 Å². The average Bonchev–Trinajstić information content (AvgIpc) is 2.55. The van der Waals surface area contributed by atoms with E-state index in [1.54, 1.807) is 13.0 Å². The molecule has 78 valence electrons. The van der Waals surface area contributed by atoms with Crippen molar-refractivity contribution in [3.8, 4) is 0 Å². The molecule has 0 saturated heterocycles. The molecule has 1 heterocycles. The Morgan fingerprint density at radius 2 is 2.27 bits per heavy atom. The molecule has 2 aromatic rings. The minimum atomic E-state index is -0.390. The summed E-state index contributed by atoms with van der Waals surface area (Å²) < 4.78 is 6.56. The third-order valence-electron chi connectivity index (χ3n) is 2.18. The van der Waals surface area contributed by atoms with Crippen molar-refractivity contribution in [1.82, 2.24) is 4.57 Å². The first-order chi connectivity index (χ1) is 7.22. The quantitative estimate of drug-likeness (QED) is 0.450. The Morgan fingerprint density at radius 3 is 3.00 bits per heavy atom. The number of benzene rings is 1. The van der Waals surface area contributed by atoms with Crippen LogP contribution in [0, 0.1) is 0 Å². The van der Waals surface area contributed by atoms with Crippen LogP contribution in [0.1, 0.15) is 6.92 Å². The van der Waals surface area contributed by atoms with Crippen molar-refractivity contribution in [2.45, 2.75) is 13.5 Å². The second-order valence-corrected chi connectivity index (χ2v) is 3.29. The highest BCUT2D eigenvalue weighted by molar-refractivity contribution is 5.83. The summed E-state index contributed by atoms with van der Waals surface area (Å²) in [5.74, 6) is 4.74. The molecule has 0 unspecified atom stereocenters. The number of para-hydroxylation sites is 2. The molecule has 1 aromatic carbocycles. The monoisotopic (exact) mass is 205 g/mol. The van der Waals surface area contributed by atoms with Crippen LogP contribution in [-0.4, -0.2) is 10.3 Å². The Bertz CT molecular complexity index is 565. The van der Waals surface area contributed by atoms with E-state index in [4.69, 9.17) is 10.3 Å². The van der Waals surface area contributed by atoms with Gasteiger partial charge in [0.15, 0.2) is 5.58 Å². The van der Waals surface area contributed by atoms with E-state index in [2.05, 4.69) is 5.10 Å². The summed E-state index contributed by atoms with van der Waals surface area (Å²) in [6, 6.07) is 7.24. The number of nitrogens with zero attached hydrogens (tertiary/aromatic N) is 2. The second-order valence-electron chi connectivity index (χ2n) is 3.29. The minimum absolute atomic E-state index is 0.354. The summed E-state index contributed by atoms with van der Waals surface area (Å²) in [5, 5.41) is 3.53. The first-order valence-corrected chi connectivity index (χ1v) is 4.54. The van der Waals surface area contributed by atoms with Crippen LogP contribution in [0.25, 0.3) is 11.1 Å². The zero-order valence-electron chi connectivity index (χ0n) is 8.30. The first kappa shape index (κ1) is 9.51. The van der Waals surface area contributed by atoms with Gasteiger partial charge in [0.25, 0.3) is 0 Å². The third kappa shape index (κ3) is 1.63. The van der Waals surface area contributed by atoms with Gasteiger partial charge in [0.2, 0.25) is 0 Å². The first-order valence-electron chi connectivity index (χ1n) is 4.54. The van der Waals surface area contributed by atoms with Crippen LogP contribution in [0.2, 0.25) is 0 Å². The third-order valence-corrected chi connectivity index (χ3v) is 2.18. The van der Waals surface area contributed by atoms with E-state index < -0.39 is 0 Å². The van der Waals surface area contributed by atoms with Crippen LogP contribution in [0.15, 0.2) is 38.6 Å². The van der Waals surface area contributed by atoms with Gasteiger partial charge in [-0.15, -0.1) is 0 Å². The molecule has 0 spiro atoms. The van der Waals surface area contributed by atoms with Crippen molar-refractivity contribution < 1.29 is 4.42 Å². The Kier molecular flexibility index (Phi) is 2.29. The fraction of sp³-hybridized carbons (Fsp3) is 0.200. The van der Waals surface area contributed by atoms with Gasteiger partial charge >= 0.3 is 5.76 Å². The van der Waals surface area contributed by atoms with Gasteiger partial charge in [0.05, 0.1) is 17.8 Å². The highest BCUT2D eigenvalue weighted by atomic mass is 16.4. The lowest BCUT2D eigenvalue weighted by molar-refractivity contribution is 0.522. The molecule has 0 aliphatic carbocycles. The number of rotatable bonds is 2. The van der Waals surface area contributed by atoms with Gasteiger partial charge in [-0.3, -0.25) is 4.57 Å². The number of hydrazone groups is 1. The van der Waals surface area contributed by atoms with Gasteiger partial charge in [-0.1, -0.05) is 12.1 Å². The van der Waals surface area contributed by atoms with E-state index in [1.807, 2.05) is 18.2 Å². The number of aromatic nitrogens is 1. The van der Waals surface area contributed by atoms with Gasteiger partial charge in [-0.05, 0) is 19.1 Å². The Labute approximate surface area is 85.8 Å². The van der Waals surface area contributed by atoms with Crippen molar-refractivity contribution in [2.24, 2.45) is 10.9 Å². The fourth-order valence-corrected chi connectivity index (χ4v) is 1.43.